The molecule has 1 aromatic rings. The summed E-state index contributed by atoms with van der Waals surface area (Å²) < 4.78 is 1.57. The van der Waals surface area contributed by atoms with Crippen molar-refractivity contribution in [3.05, 3.63) is 16.4 Å². The number of halogens is 1. The van der Waals surface area contributed by atoms with E-state index in [9.17, 15) is 0 Å². The lowest BCUT2D eigenvalue weighted by Crippen LogP contribution is -2.07. The van der Waals surface area contributed by atoms with Gasteiger partial charge in [0.1, 0.15) is 5.15 Å². The Bertz CT molecular complexity index is 367. The lowest BCUT2D eigenvalue weighted by Gasteiger charge is -2.04. The number of aromatic nitrogens is 2. The fraction of sp³-hybridized carbons (Fsp3) is 0.556. The Kier molecular flexibility index (Phi) is 3.50. The van der Waals surface area contributed by atoms with Crippen molar-refractivity contribution in [3.8, 4) is 6.07 Å². The molecule has 1 unspecified atom stereocenters. The highest BCUT2D eigenvalue weighted by Crippen LogP contribution is 2.21. The molecule has 14 heavy (non-hydrogen) atoms. The van der Waals surface area contributed by atoms with Gasteiger partial charge in [-0.2, -0.15) is 10.4 Å². The van der Waals surface area contributed by atoms with Crippen LogP contribution in [0.1, 0.15) is 11.3 Å². The Morgan fingerprint density at radius 1 is 1.71 bits per heavy atom. The van der Waals surface area contributed by atoms with Crippen LogP contribution in [-0.4, -0.2) is 21.5 Å². The zero-order valence-corrected chi connectivity index (χ0v) is 8.91. The first kappa shape index (κ1) is 11.0. The number of rotatable bonds is 3. The molecule has 4 nitrogen and oxygen atoms in total. The van der Waals surface area contributed by atoms with E-state index in [0.29, 0.717) is 11.6 Å². The average molecular weight is 214 g/mol. The van der Waals surface area contributed by atoms with Gasteiger partial charge in [0.05, 0.1) is 24.3 Å². The summed E-state index contributed by atoms with van der Waals surface area (Å²) in [5.41, 5.74) is 1.65. The zero-order chi connectivity index (χ0) is 10.7. The van der Waals surface area contributed by atoms with Gasteiger partial charge in [-0.25, -0.2) is 0 Å². The smallest absolute Gasteiger partial charge is 0.130 e. The number of aliphatic hydroxyl groups is 1. The monoisotopic (exact) mass is 213 g/mol. The van der Waals surface area contributed by atoms with E-state index >= 15 is 0 Å². The van der Waals surface area contributed by atoms with E-state index < -0.39 is 5.92 Å². The third-order valence-electron chi connectivity index (χ3n) is 2.12. The SMILES string of the molecule is Cc1nn(C)c(Cl)c1CC(C#N)CO. The molecular formula is C9H12ClN3O. The summed E-state index contributed by atoms with van der Waals surface area (Å²) in [6, 6.07) is 2.02. The van der Waals surface area contributed by atoms with Crippen LogP contribution in [0.5, 0.6) is 0 Å². The number of aliphatic hydroxyl groups excluding tert-OH is 1. The van der Waals surface area contributed by atoms with E-state index in [4.69, 9.17) is 22.0 Å². The van der Waals surface area contributed by atoms with Crippen LogP contribution in [0.15, 0.2) is 0 Å². The molecule has 0 aromatic carbocycles. The van der Waals surface area contributed by atoms with E-state index in [2.05, 4.69) is 5.10 Å². The van der Waals surface area contributed by atoms with E-state index in [1.807, 2.05) is 13.0 Å². The second-order valence-electron chi connectivity index (χ2n) is 3.19. The highest BCUT2D eigenvalue weighted by molar-refractivity contribution is 6.30. The van der Waals surface area contributed by atoms with Crippen molar-refractivity contribution in [1.82, 2.24) is 9.78 Å². The molecule has 0 aliphatic heterocycles. The molecule has 0 aliphatic rings. The van der Waals surface area contributed by atoms with Gasteiger partial charge in [-0.1, -0.05) is 11.6 Å². The molecule has 0 fully saturated rings. The molecule has 1 rings (SSSR count). The van der Waals surface area contributed by atoms with Gasteiger partial charge >= 0.3 is 0 Å². The van der Waals surface area contributed by atoms with Gasteiger partial charge in [0.15, 0.2) is 0 Å². The topological polar surface area (TPSA) is 61.8 Å². The maximum absolute atomic E-state index is 8.88. The largest absolute Gasteiger partial charge is 0.395 e. The quantitative estimate of drug-likeness (QED) is 0.817. The van der Waals surface area contributed by atoms with Gasteiger partial charge in [0, 0.05) is 12.6 Å². The van der Waals surface area contributed by atoms with Gasteiger partial charge in [0.2, 0.25) is 0 Å². The Hall–Kier alpha value is -1.05. The Balaban J connectivity index is 2.91. The Morgan fingerprint density at radius 3 is 2.71 bits per heavy atom. The van der Waals surface area contributed by atoms with Crippen LogP contribution in [0.3, 0.4) is 0 Å². The van der Waals surface area contributed by atoms with Crippen LogP contribution in [-0.2, 0) is 13.5 Å². The first-order valence-electron chi connectivity index (χ1n) is 4.28. The van der Waals surface area contributed by atoms with E-state index in [1.165, 1.54) is 0 Å². The van der Waals surface area contributed by atoms with Crippen LogP contribution < -0.4 is 0 Å². The maximum atomic E-state index is 8.88. The summed E-state index contributed by atoms with van der Waals surface area (Å²) >= 11 is 5.98. The second-order valence-corrected chi connectivity index (χ2v) is 3.55. The van der Waals surface area contributed by atoms with Crippen LogP contribution in [0.2, 0.25) is 5.15 Å². The molecule has 0 spiro atoms. The van der Waals surface area contributed by atoms with Crippen LogP contribution in [0.4, 0.5) is 0 Å². The molecule has 0 saturated carbocycles. The van der Waals surface area contributed by atoms with Crippen molar-refractivity contribution in [2.24, 2.45) is 13.0 Å². The van der Waals surface area contributed by atoms with Crippen molar-refractivity contribution in [3.63, 3.8) is 0 Å². The van der Waals surface area contributed by atoms with Gasteiger partial charge in [-0.15, -0.1) is 0 Å². The average Bonchev–Trinajstić information content (AvgIpc) is 2.40. The summed E-state index contributed by atoms with van der Waals surface area (Å²) in [6.07, 6.45) is 0.450. The Labute approximate surface area is 87.7 Å². The number of hydrogen-bond donors (Lipinski definition) is 1. The molecule has 0 radical (unpaired) electrons. The third kappa shape index (κ3) is 2.06. The summed E-state index contributed by atoms with van der Waals surface area (Å²) in [5, 5.41) is 22.2. The second kappa shape index (κ2) is 4.45. The van der Waals surface area contributed by atoms with Gasteiger partial charge in [-0.05, 0) is 13.3 Å². The van der Waals surface area contributed by atoms with Crippen molar-refractivity contribution in [1.29, 1.82) is 5.26 Å². The number of aryl methyl sites for hydroxylation is 2. The molecule has 5 heteroatoms. The first-order valence-corrected chi connectivity index (χ1v) is 4.66. The van der Waals surface area contributed by atoms with E-state index in [-0.39, 0.29) is 6.61 Å². The zero-order valence-electron chi connectivity index (χ0n) is 8.16. The number of hydrogen-bond acceptors (Lipinski definition) is 3. The predicted octanol–water partition coefficient (Wildman–Crippen LogP) is 1.06. The molecule has 0 bridgehead atoms. The summed E-state index contributed by atoms with van der Waals surface area (Å²) in [5.74, 6) is -0.407. The molecule has 1 aromatic heterocycles. The molecule has 1 heterocycles. The normalized spacial score (nSPS) is 12.5. The van der Waals surface area contributed by atoms with Crippen molar-refractivity contribution in [2.75, 3.05) is 6.61 Å². The van der Waals surface area contributed by atoms with Gasteiger partial charge in [-0.3, -0.25) is 4.68 Å². The third-order valence-corrected chi connectivity index (χ3v) is 2.60. The minimum atomic E-state index is -0.407. The highest BCUT2D eigenvalue weighted by Gasteiger charge is 2.15. The fourth-order valence-electron chi connectivity index (χ4n) is 1.30. The lowest BCUT2D eigenvalue weighted by atomic mass is 10.0. The van der Waals surface area contributed by atoms with E-state index in [0.717, 1.165) is 11.3 Å². The minimum absolute atomic E-state index is 0.152. The molecule has 0 saturated heterocycles. The van der Waals surface area contributed by atoms with Crippen LogP contribution >= 0.6 is 11.6 Å². The van der Waals surface area contributed by atoms with Crippen LogP contribution in [0, 0.1) is 24.2 Å². The summed E-state index contributed by atoms with van der Waals surface area (Å²) in [7, 11) is 1.75. The van der Waals surface area contributed by atoms with Crippen LogP contribution in [0.25, 0.3) is 0 Å². The summed E-state index contributed by atoms with van der Waals surface area (Å²) in [4.78, 5) is 0. The molecule has 1 atom stereocenters. The standard InChI is InChI=1S/C9H12ClN3O/c1-6-8(3-7(4-11)5-14)9(10)13(2)12-6/h7,14H,3,5H2,1-2H3. The Morgan fingerprint density at radius 2 is 2.36 bits per heavy atom. The van der Waals surface area contributed by atoms with E-state index in [1.54, 1.807) is 11.7 Å². The fourth-order valence-corrected chi connectivity index (χ4v) is 1.55. The first-order chi connectivity index (χ1) is 6.60. The molecule has 76 valence electrons. The number of nitrogens with zero attached hydrogens (tertiary/aromatic N) is 3. The summed E-state index contributed by atoms with van der Waals surface area (Å²) in [6.45, 7) is 1.69. The number of nitriles is 1. The lowest BCUT2D eigenvalue weighted by molar-refractivity contribution is 0.255. The minimum Gasteiger partial charge on any atom is -0.395 e. The van der Waals surface area contributed by atoms with Crippen molar-refractivity contribution >= 4 is 11.6 Å². The van der Waals surface area contributed by atoms with Gasteiger partial charge in [0.25, 0.3) is 0 Å². The van der Waals surface area contributed by atoms with Crippen molar-refractivity contribution < 1.29 is 5.11 Å². The molecule has 1 N–H and O–H groups in total. The molecule has 0 amide bonds. The highest BCUT2D eigenvalue weighted by atomic mass is 35.5. The van der Waals surface area contributed by atoms with Gasteiger partial charge < -0.3 is 5.11 Å². The predicted molar refractivity (Wildman–Crippen MR) is 52.8 cm³/mol. The van der Waals surface area contributed by atoms with Crippen molar-refractivity contribution in [2.45, 2.75) is 13.3 Å². The molecule has 0 aliphatic carbocycles. The molecular weight excluding hydrogens is 202 g/mol. The maximum Gasteiger partial charge on any atom is 0.130 e.